The molecule has 0 radical (unpaired) electrons. The van der Waals surface area contributed by atoms with Crippen molar-refractivity contribution in [3.05, 3.63) is 29.3 Å². The maximum Gasteiger partial charge on any atom is 0.243 e. The molecule has 0 aromatic heterocycles. The van der Waals surface area contributed by atoms with Crippen LogP contribution in [0, 0.1) is 0 Å². The normalized spacial score (nSPS) is 18.4. The Bertz CT molecular complexity index is 564. The summed E-state index contributed by atoms with van der Waals surface area (Å²) in [6.45, 7) is 4.98. The van der Waals surface area contributed by atoms with Gasteiger partial charge in [-0.05, 0) is 30.7 Å². The average molecular weight is 297 g/mol. The molecule has 0 spiro atoms. The van der Waals surface area contributed by atoms with Gasteiger partial charge in [0.05, 0.1) is 4.90 Å². The molecule has 2 N–H and O–H groups in total. The minimum atomic E-state index is -3.41. The molecular weight excluding hydrogens is 274 g/mol. The third kappa shape index (κ3) is 3.03. The fourth-order valence-corrected chi connectivity index (χ4v) is 4.19. The van der Waals surface area contributed by atoms with Crippen LogP contribution in [0.2, 0.25) is 0 Å². The number of likely N-dealkylation sites (N-methyl/N-ethyl adjacent to an activating group) is 1. The van der Waals surface area contributed by atoms with Gasteiger partial charge in [0, 0.05) is 32.7 Å². The lowest BCUT2D eigenvalue weighted by Gasteiger charge is -2.32. The van der Waals surface area contributed by atoms with E-state index in [-0.39, 0.29) is 0 Å². The summed E-state index contributed by atoms with van der Waals surface area (Å²) in [7, 11) is -1.40. The molecule has 1 aliphatic heterocycles. The van der Waals surface area contributed by atoms with Crippen molar-refractivity contribution in [1.82, 2.24) is 9.21 Å². The first-order chi connectivity index (χ1) is 9.48. The van der Waals surface area contributed by atoms with Gasteiger partial charge >= 0.3 is 0 Å². The zero-order valence-electron chi connectivity index (χ0n) is 12.2. The van der Waals surface area contributed by atoms with Crippen molar-refractivity contribution < 1.29 is 8.42 Å². The van der Waals surface area contributed by atoms with Crippen LogP contribution in [0.4, 0.5) is 0 Å². The number of aryl methyl sites for hydroxylation is 1. The van der Waals surface area contributed by atoms with E-state index in [9.17, 15) is 8.42 Å². The smallest absolute Gasteiger partial charge is 0.243 e. The van der Waals surface area contributed by atoms with E-state index in [1.54, 1.807) is 10.4 Å². The highest BCUT2D eigenvalue weighted by atomic mass is 32.2. The lowest BCUT2D eigenvalue weighted by molar-refractivity contribution is 0.222. The number of hydrogen-bond donors (Lipinski definition) is 1. The third-order valence-electron chi connectivity index (χ3n) is 3.83. The molecule has 0 amide bonds. The number of nitrogens with zero attached hydrogens (tertiary/aromatic N) is 2. The number of piperazine rings is 1. The Hall–Kier alpha value is -0.950. The molecule has 0 aliphatic carbocycles. The number of nitrogens with two attached hydrogens (primary N) is 1. The molecule has 1 fully saturated rings. The van der Waals surface area contributed by atoms with Crippen LogP contribution in [0.3, 0.4) is 0 Å². The van der Waals surface area contributed by atoms with Gasteiger partial charge < -0.3 is 10.6 Å². The summed E-state index contributed by atoms with van der Waals surface area (Å²) in [6.07, 6.45) is 0.702. The second-order valence-corrected chi connectivity index (χ2v) is 7.11. The molecule has 1 heterocycles. The molecule has 5 nitrogen and oxygen atoms in total. The standard InChI is InChI=1S/C14H23N3O2S/c1-3-13-5-4-12(11-15)10-14(13)20(18,19)17-8-6-16(2)7-9-17/h4-5,10H,3,6-9,11,15H2,1-2H3. The quantitative estimate of drug-likeness (QED) is 0.886. The Balaban J connectivity index is 2.37. The molecular formula is C14H23N3O2S. The summed E-state index contributed by atoms with van der Waals surface area (Å²) < 4.78 is 27.2. The first-order valence-electron chi connectivity index (χ1n) is 6.99. The Labute approximate surface area is 121 Å². The molecule has 2 rings (SSSR count). The number of hydrogen-bond acceptors (Lipinski definition) is 4. The van der Waals surface area contributed by atoms with Crippen molar-refractivity contribution in [2.75, 3.05) is 33.2 Å². The summed E-state index contributed by atoms with van der Waals surface area (Å²) in [5.74, 6) is 0. The second-order valence-electron chi connectivity index (χ2n) is 5.21. The fraction of sp³-hybridized carbons (Fsp3) is 0.571. The van der Waals surface area contributed by atoms with Crippen LogP contribution in [0.1, 0.15) is 18.1 Å². The van der Waals surface area contributed by atoms with Gasteiger partial charge in [-0.2, -0.15) is 4.31 Å². The number of benzene rings is 1. The zero-order chi connectivity index (χ0) is 14.8. The van der Waals surface area contributed by atoms with Gasteiger partial charge in [0.2, 0.25) is 10.0 Å². The molecule has 1 aliphatic rings. The maximum absolute atomic E-state index is 12.8. The van der Waals surface area contributed by atoms with Gasteiger partial charge in [-0.25, -0.2) is 8.42 Å². The van der Waals surface area contributed by atoms with Crippen LogP contribution in [0.15, 0.2) is 23.1 Å². The SMILES string of the molecule is CCc1ccc(CN)cc1S(=O)(=O)N1CCN(C)CC1. The summed E-state index contributed by atoms with van der Waals surface area (Å²) in [5, 5.41) is 0. The first kappa shape index (κ1) is 15.4. The van der Waals surface area contributed by atoms with E-state index in [0.29, 0.717) is 31.0 Å². The molecule has 6 heteroatoms. The van der Waals surface area contributed by atoms with Crippen molar-refractivity contribution in [1.29, 1.82) is 0 Å². The number of rotatable bonds is 4. The van der Waals surface area contributed by atoms with Crippen LogP contribution in [0.25, 0.3) is 0 Å². The van der Waals surface area contributed by atoms with Gasteiger partial charge in [0.25, 0.3) is 0 Å². The van der Waals surface area contributed by atoms with Crippen molar-refractivity contribution in [2.45, 2.75) is 24.8 Å². The molecule has 1 saturated heterocycles. The molecule has 20 heavy (non-hydrogen) atoms. The van der Waals surface area contributed by atoms with E-state index in [1.165, 1.54) is 0 Å². The number of sulfonamides is 1. The summed E-state index contributed by atoms with van der Waals surface area (Å²) in [4.78, 5) is 2.57. The molecule has 1 aromatic rings. The van der Waals surface area contributed by atoms with Crippen LogP contribution < -0.4 is 5.73 Å². The van der Waals surface area contributed by atoms with E-state index in [1.807, 2.05) is 26.1 Å². The van der Waals surface area contributed by atoms with Crippen molar-refractivity contribution >= 4 is 10.0 Å². The van der Waals surface area contributed by atoms with Gasteiger partial charge in [0.1, 0.15) is 0 Å². The topological polar surface area (TPSA) is 66.6 Å². The molecule has 0 unspecified atom stereocenters. The predicted molar refractivity (Wildman–Crippen MR) is 80.0 cm³/mol. The molecule has 1 aromatic carbocycles. The highest BCUT2D eigenvalue weighted by Crippen LogP contribution is 2.23. The minimum Gasteiger partial charge on any atom is -0.326 e. The predicted octanol–water partition coefficient (Wildman–Crippen LogP) is 0.644. The van der Waals surface area contributed by atoms with Crippen LogP contribution in [-0.2, 0) is 23.0 Å². The largest absolute Gasteiger partial charge is 0.326 e. The van der Waals surface area contributed by atoms with E-state index in [2.05, 4.69) is 4.90 Å². The Morgan fingerprint density at radius 2 is 1.85 bits per heavy atom. The highest BCUT2D eigenvalue weighted by Gasteiger charge is 2.29. The van der Waals surface area contributed by atoms with Crippen molar-refractivity contribution in [3.8, 4) is 0 Å². The monoisotopic (exact) mass is 297 g/mol. The summed E-state index contributed by atoms with van der Waals surface area (Å²) in [6, 6.07) is 5.51. The summed E-state index contributed by atoms with van der Waals surface area (Å²) in [5.41, 5.74) is 7.35. The van der Waals surface area contributed by atoms with E-state index < -0.39 is 10.0 Å². The first-order valence-corrected chi connectivity index (χ1v) is 8.43. The second kappa shape index (κ2) is 6.22. The van der Waals surface area contributed by atoms with Crippen LogP contribution in [0.5, 0.6) is 0 Å². The van der Waals surface area contributed by atoms with Crippen molar-refractivity contribution in [2.24, 2.45) is 5.73 Å². The maximum atomic E-state index is 12.8. The lowest BCUT2D eigenvalue weighted by atomic mass is 10.1. The van der Waals surface area contributed by atoms with E-state index in [0.717, 1.165) is 24.2 Å². The van der Waals surface area contributed by atoms with E-state index in [4.69, 9.17) is 5.73 Å². The van der Waals surface area contributed by atoms with Gasteiger partial charge in [0.15, 0.2) is 0 Å². The Morgan fingerprint density at radius 1 is 1.20 bits per heavy atom. The molecule has 0 saturated carbocycles. The fourth-order valence-electron chi connectivity index (χ4n) is 2.43. The lowest BCUT2D eigenvalue weighted by Crippen LogP contribution is -2.47. The van der Waals surface area contributed by atoms with Crippen LogP contribution >= 0.6 is 0 Å². The van der Waals surface area contributed by atoms with Gasteiger partial charge in [-0.15, -0.1) is 0 Å². The third-order valence-corrected chi connectivity index (χ3v) is 5.81. The molecule has 112 valence electrons. The Kier molecular flexibility index (Phi) is 4.80. The van der Waals surface area contributed by atoms with Crippen molar-refractivity contribution in [3.63, 3.8) is 0 Å². The Morgan fingerprint density at radius 3 is 2.40 bits per heavy atom. The van der Waals surface area contributed by atoms with Gasteiger partial charge in [-0.3, -0.25) is 0 Å². The van der Waals surface area contributed by atoms with Crippen LogP contribution in [-0.4, -0.2) is 50.8 Å². The summed E-state index contributed by atoms with van der Waals surface area (Å²) >= 11 is 0. The zero-order valence-corrected chi connectivity index (χ0v) is 13.0. The molecule has 0 bridgehead atoms. The van der Waals surface area contributed by atoms with E-state index >= 15 is 0 Å². The average Bonchev–Trinajstić information content (AvgIpc) is 2.47. The minimum absolute atomic E-state index is 0.356. The highest BCUT2D eigenvalue weighted by molar-refractivity contribution is 7.89. The molecule has 0 atom stereocenters. The van der Waals surface area contributed by atoms with Gasteiger partial charge in [-0.1, -0.05) is 19.1 Å².